The van der Waals surface area contributed by atoms with Crippen molar-refractivity contribution in [3.63, 3.8) is 0 Å². The van der Waals surface area contributed by atoms with Crippen LogP contribution in [0.4, 0.5) is 0 Å². The molecular formula is C13H26N2S. The Morgan fingerprint density at radius 1 is 1.44 bits per heavy atom. The highest BCUT2D eigenvalue weighted by atomic mass is 32.2. The first-order valence-electron chi connectivity index (χ1n) is 6.64. The van der Waals surface area contributed by atoms with Crippen LogP contribution < -0.4 is 5.73 Å². The molecule has 94 valence electrons. The molecule has 1 saturated carbocycles. The number of nitrogens with two attached hydrogens (primary N) is 1. The van der Waals surface area contributed by atoms with E-state index in [0.717, 1.165) is 5.25 Å². The maximum absolute atomic E-state index is 6.28. The fraction of sp³-hybridized carbons (Fsp3) is 1.00. The van der Waals surface area contributed by atoms with Crippen LogP contribution in [0.25, 0.3) is 0 Å². The molecule has 2 fully saturated rings. The molecule has 0 bridgehead atoms. The van der Waals surface area contributed by atoms with Gasteiger partial charge in [-0.1, -0.05) is 20.3 Å². The molecular weight excluding hydrogens is 216 g/mol. The van der Waals surface area contributed by atoms with Gasteiger partial charge < -0.3 is 5.73 Å². The van der Waals surface area contributed by atoms with Gasteiger partial charge in [0.25, 0.3) is 0 Å². The van der Waals surface area contributed by atoms with Crippen LogP contribution in [0.3, 0.4) is 0 Å². The van der Waals surface area contributed by atoms with E-state index < -0.39 is 0 Å². The summed E-state index contributed by atoms with van der Waals surface area (Å²) >= 11 is 2.11. The van der Waals surface area contributed by atoms with Crippen molar-refractivity contribution in [3.8, 4) is 0 Å². The minimum atomic E-state index is 0.371. The third-order valence-corrected chi connectivity index (χ3v) is 6.07. The van der Waals surface area contributed by atoms with Crippen LogP contribution in [-0.4, -0.2) is 41.1 Å². The Hall–Kier alpha value is 0.270. The second-order valence-corrected chi connectivity index (χ2v) is 7.42. The molecule has 0 aromatic heterocycles. The molecule has 3 heteroatoms. The average molecular weight is 242 g/mol. The van der Waals surface area contributed by atoms with Gasteiger partial charge in [0.1, 0.15) is 0 Å². The number of nitrogens with zero attached hydrogens (tertiary/aromatic N) is 1. The molecule has 0 amide bonds. The first kappa shape index (κ1) is 12.7. The SMILES string of the molecule is CC1SCCN(CC2(C)CCCC2N)C1C. The van der Waals surface area contributed by atoms with Gasteiger partial charge in [-0.25, -0.2) is 0 Å². The average Bonchev–Trinajstić information content (AvgIpc) is 2.55. The minimum Gasteiger partial charge on any atom is -0.327 e. The van der Waals surface area contributed by atoms with Crippen molar-refractivity contribution in [3.05, 3.63) is 0 Å². The summed E-state index contributed by atoms with van der Waals surface area (Å²) < 4.78 is 0. The number of hydrogen-bond acceptors (Lipinski definition) is 3. The van der Waals surface area contributed by atoms with Crippen molar-refractivity contribution >= 4 is 11.8 Å². The topological polar surface area (TPSA) is 29.3 Å². The standard InChI is InChI=1S/C13H26N2S/c1-10-11(2)16-8-7-15(10)9-13(3)6-4-5-12(13)14/h10-12H,4-9,14H2,1-3H3. The molecule has 0 aromatic rings. The lowest BCUT2D eigenvalue weighted by atomic mass is 9.84. The number of rotatable bonds is 2. The Morgan fingerprint density at radius 3 is 2.81 bits per heavy atom. The van der Waals surface area contributed by atoms with E-state index in [1.807, 2.05) is 0 Å². The fourth-order valence-electron chi connectivity index (χ4n) is 3.14. The van der Waals surface area contributed by atoms with Crippen molar-refractivity contribution in [2.75, 3.05) is 18.8 Å². The molecule has 2 nitrogen and oxygen atoms in total. The van der Waals surface area contributed by atoms with Crippen molar-refractivity contribution < 1.29 is 0 Å². The smallest absolute Gasteiger partial charge is 0.0184 e. The molecule has 1 saturated heterocycles. The van der Waals surface area contributed by atoms with Gasteiger partial charge in [-0.2, -0.15) is 11.8 Å². The predicted molar refractivity (Wildman–Crippen MR) is 72.9 cm³/mol. The zero-order valence-electron chi connectivity index (χ0n) is 10.9. The molecule has 2 aliphatic rings. The summed E-state index contributed by atoms with van der Waals surface area (Å²) in [5.41, 5.74) is 6.65. The van der Waals surface area contributed by atoms with Crippen molar-refractivity contribution in [1.29, 1.82) is 0 Å². The Bertz CT molecular complexity index is 246. The molecule has 2 N–H and O–H groups in total. The highest BCUT2D eigenvalue weighted by Gasteiger charge is 2.39. The summed E-state index contributed by atoms with van der Waals surface area (Å²) in [7, 11) is 0. The van der Waals surface area contributed by atoms with E-state index in [1.165, 1.54) is 38.1 Å². The van der Waals surface area contributed by atoms with Crippen LogP contribution in [0.1, 0.15) is 40.0 Å². The Labute approximate surface area is 104 Å². The molecule has 1 aliphatic carbocycles. The monoisotopic (exact) mass is 242 g/mol. The lowest BCUT2D eigenvalue weighted by molar-refractivity contribution is 0.120. The van der Waals surface area contributed by atoms with Gasteiger partial charge in [-0.05, 0) is 25.2 Å². The summed E-state index contributed by atoms with van der Waals surface area (Å²) in [6.45, 7) is 9.58. The van der Waals surface area contributed by atoms with Crippen LogP contribution in [0, 0.1) is 5.41 Å². The van der Waals surface area contributed by atoms with E-state index in [0.29, 0.717) is 17.5 Å². The van der Waals surface area contributed by atoms with Gasteiger partial charge in [0, 0.05) is 36.2 Å². The number of hydrogen-bond donors (Lipinski definition) is 1. The van der Waals surface area contributed by atoms with Gasteiger partial charge in [0.2, 0.25) is 0 Å². The van der Waals surface area contributed by atoms with E-state index >= 15 is 0 Å². The molecule has 0 aromatic carbocycles. The highest BCUT2D eigenvalue weighted by molar-refractivity contribution is 8.00. The van der Waals surface area contributed by atoms with Gasteiger partial charge in [-0.3, -0.25) is 4.90 Å². The molecule has 4 unspecified atom stereocenters. The van der Waals surface area contributed by atoms with Crippen LogP contribution in [0.5, 0.6) is 0 Å². The molecule has 0 spiro atoms. The first-order chi connectivity index (χ1) is 7.53. The third kappa shape index (κ3) is 2.41. The van der Waals surface area contributed by atoms with Gasteiger partial charge in [0.05, 0.1) is 0 Å². The van der Waals surface area contributed by atoms with Crippen LogP contribution in [-0.2, 0) is 0 Å². The van der Waals surface area contributed by atoms with E-state index in [2.05, 4.69) is 37.4 Å². The quantitative estimate of drug-likeness (QED) is 0.806. The van der Waals surface area contributed by atoms with Crippen molar-refractivity contribution in [1.82, 2.24) is 4.90 Å². The van der Waals surface area contributed by atoms with Crippen LogP contribution >= 0.6 is 11.8 Å². The molecule has 1 heterocycles. The number of thioether (sulfide) groups is 1. The van der Waals surface area contributed by atoms with Gasteiger partial charge in [0.15, 0.2) is 0 Å². The lowest BCUT2D eigenvalue weighted by Gasteiger charge is -2.43. The Morgan fingerprint density at radius 2 is 2.19 bits per heavy atom. The highest BCUT2D eigenvalue weighted by Crippen LogP contribution is 2.39. The largest absolute Gasteiger partial charge is 0.327 e. The van der Waals surface area contributed by atoms with Crippen LogP contribution in [0.2, 0.25) is 0 Å². The van der Waals surface area contributed by atoms with E-state index in [-0.39, 0.29) is 0 Å². The maximum atomic E-state index is 6.28. The zero-order chi connectivity index (χ0) is 11.8. The predicted octanol–water partition coefficient (Wildman–Crippen LogP) is 2.33. The van der Waals surface area contributed by atoms with Crippen molar-refractivity contribution in [2.45, 2.75) is 57.4 Å². The molecule has 2 rings (SSSR count). The zero-order valence-corrected chi connectivity index (χ0v) is 11.7. The minimum absolute atomic E-state index is 0.371. The molecule has 1 aliphatic heterocycles. The summed E-state index contributed by atoms with van der Waals surface area (Å²) in [6, 6.07) is 1.13. The summed E-state index contributed by atoms with van der Waals surface area (Å²) in [6.07, 6.45) is 3.87. The molecule has 0 radical (unpaired) electrons. The molecule has 4 atom stereocenters. The second kappa shape index (κ2) is 4.87. The second-order valence-electron chi connectivity index (χ2n) is 5.94. The Kier molecular flexibility index (Phi) is 3.87. The summed E-state index contributed by atoms with van der Waals surface area (Å²) in [5.74, 6) is 1.29. The third-order valence-electron chi connectivity index (χ3n) is 4.74. The van der Waals surface area contributed by atoms with Crippen LogP contribution in [0.15, 0.2) is 0 Å². The summed E-state index contributed by atoms with van der Waals surface area (Å²) in [5, 5.41) is 0.773. The normalized spacial score (nSPS) is 46.1. The Balaban J connectivity index is 1.98. The summed E-state index contributed by atoms with van der Waals surface area (Å²) in [4.78, 5) is 2.67. The molecule has 16 heavy (non-hydrogen) atoms. The lowest BCUT2D eigenvalue weighted by Crippen LogP contribution is -2.52. The van der Waals surface area contributed by atoms with E-state index in [1.54, 1.807) is 0 Å². The van der Waals surface area contributed by atoms with E-state index in [9.17, 15) is 0 Å². The van der Waals surface area contributed by atoms with Crippen molar-refractivity contribution in [2.24, 2.45) is 11.1 Å². The van der Waals surface area contributed by atoms with E-state index in [4.69, 9.17) is 5.73 Å². The fourth-order valence-corrected chi connectivity index (χ4v) is 4.30. The van der Waals surface area contributed by atoms with Gasteiger partial charge in [-0.15, -0.1) is 0 Å². The van der Waals surface area contributed by atoms with Gasteiger partial charge >= 0.3 is 0 Å². The first-order valence-corrected chi connectivity index (χ1v) is 7.69. The maximum Gasteiger partial charge on any atom is 0.0184 e.